The van der Waals surface area contributed by atoms with Gasteiger partial charge >= 0.3 is 0 Å². The number of carbonyl (C=O) groups excluding carboxylic acids is 1. The van der Waals surface area contributed by atoms with Crippen molar-refractivity contribution >= 4 is 23.2 Å². The second-order valence-electron chi connectivity index (χ2n) is 5.51. The average Bonchev–Trinajstić information content (AvgIpc) is 2.65. The van der Waals surface area contributed by atoms with E-state index in [9.17, 15) is 9.59 Å². The van der Waals surface area contributed by atoms with Gasteiger partial charge in [0.25, 0.3) is 11.5 Å². The molecule has 7 heteroatoms. The van der Waals surface area contributed by atoms with Crippen LogP contribution in [0.5, 0.6) is 5.75 Å². The molecule has 1 amide bonds. The summed E-state index contributed by atoms with van der Waals surface area (Å²) in [7, 11) is 1.38. The minimum atomic E-state index is -0.503. The standard InChI is InChI=1S/C19H16ClN3O3/c1-12-14(20)9-6-10-15(12)21-19(25)18-16(26-2)11-17(24)23(22-18)13-7-4-3-5-8-13/h3-11H,1-2H3,(H,21,25). The van der Waals surface area contributed by atoms with Gasteiger partial charge in [-0.15, -0.1) is 0 Å². The second-order valence-corrected chi connectivity index (χ2v) is 5.92. The van der Waals surface area contributed by atoms with E-state index in [2.05, 4.69) is 10.4 Å². The summed E-state index contributed by atoms with van der Waals surface area (Å²) in [5.74, 6) is -0.406. The summed E-state index contributed by atoms with van der Waals surface area (Å²) in [6, 6.07) is 15.3. The third kappa shape index (κ3) is 3.45. The molecule has 0 radical (unpaired) electrons. The van der Waals surface area contributed by atoms with Crippen molar-refractivity contribution in [2.45, 2.75) is 6.92 Å². The molecule has 0 saturated heterocycles. The molecule has 132 valence electrons. The van der Waals surface area contributed by atoms with Crippen LogP contribution in [0, 0.1) is 6.92 Å². The van der Waals surface area contributed by atoms with Gasteiger partial charge in [0, 0.05) is 10.7 Å². The van der Waals surface area contributed by atoms with Gasteiger partial charge in [0.05, 0.1) is 18.9 Å². The number of halogens is 1. The van der Waals surface area contributed by atoms with Crippen molar-refractivity contribution in [1.82, 2.24) is 9.78 Å². The molecule has 0 aliphatic carbocycles. The van der Waals surface area contributed by atoms with Crippen LogP contribution in [0.15, 0.2) is 59.4 Å². The van der Waals surface area contributed by atoms with Gasteiger partial charge in [-0.25, -0.2) is 0 Å². The highest BCUT2D eigenvalue weighted by atomic mass is 35.5. The molecule has 0 aliphatic heterocycles. The van der Waals surface area contributed by atoms with E-state index in [0.717, 1.165) is 10.2 Å². The van der Waals surface area contributed by atoms with Crippen molar-refractivity contribution in [2.75, 3.05) is 12.4 Å². The molecule has 0 unspecified atom stereocenters. The lowest BCUT2D eigenvalue weighted by Gasteiger charge is -2.13. The molecule has 0 fully saturated rings. The highest BCUT2D eigenvalue weighted by Crippen LogP contribution is 2.24. The van der Waals surface area contributed by atoms with E-state index < -0.39 is 11.5 Å². The van der Waals surface area contributed by atoms with Crippen molar-refractivity contribution in [3.05, 3.63) is 81.2 Å². The van der Waals surface area contributed by atoms with E-state index in [1.807, 2.05) is 6.07 Å². The maximum Gasteiger partial charge on any atom is 0.280 e. The van der Waals surface area contributed by atoms with Crippen molar-refractivity contribution in [3.8, 4) is 11.4 Å². The number of nitrogens with one attached hydrogen (secondary N) is 1. The summed E-state index contributed by atoms with van der Waals surface area (Å²) in [5, 5.41) is 7.49. The second kappa shape index (κ2) is 7.41. The van der Waals surface area contributed by atoms with E-state index in [-0.39, 0.29) is 11.4 Å². The Hall–Kier alpha value is -3.12. The first-order valence-electron chi connectivity index (χ1n) is 7.81. The van der Waals surface area contributed by atoms with Gasteiger partial charge in [0.2, 0.25) is 0 Å². The van der Waals surface area contributed by atoms with Crippen LogP contribution < -0.4 is 15.6 Å². The third-order valence-electron chi connectivity index (χ3n) is 3.85. The van der Waals surface area contributed by atoms with Crippen molar-refractivity contribution < 1.29 is 9.53 Å². The van der Waals surface area contributed by atoms with Crippen molar-refractivity contribution in [1.29, 1.82) is 0 Å². The molecule has 26 heavy (non-hydrogen) atoms. The zero-order valence-corrected chi connectivity index (χ0v) is 14.9. The molecule has 3 aromatic rings. The van der Waals surface area contributed by atoms with Crippen LogP contribution in [0.2, 0.25) is 5.02 Å². The number of para-hydroxylation sites is 1. The molecule has 0 saturated carbocycles. The predicted molar refractivity (Wildman–Crippen MR) is 101 cm³/mol. The number of ether oxygens (including phenoxy) is 1. The number of rotatable bonds is 4. The minimum Gasteiger partial charge on any atom is -0.494 e. The number of aromatic nitrogens is 2. The summed E-state index contributed by atoms with van der Waals surface area (Å²) < 4.78 is 6.32. The number of amides is 1. The molecule has 1 heterocycles. The summed E-state index contributed by atoms with van der Waals surface area (Å²) in [6.07, 6.45) is 0. The highest BCUT2D eigenvalue weighted by molar-refractivity contribution is 6.31. The normalized spacial score (nSPS) is 10.4. The zero-order chi connectivity index (χ0) is 18.7. The van der Waals surface area contributed by atoms with Crippen LogP contribution in [-0.4, -0.2) is 22.8 Å². The van der Waals surface area contributed by atoms with Gasteiger partial charge in [-0.2, -0.15) is 9.78 Å². The number of carbonyl (C=O) groups is 1. The van der Waals surface area contributed by atoms with Gasteiger partial charge in [-0.05, 0) is 36.8 Å². The Labute approximate surface area is 155 Å². The average molecular weight is 370 g/mol. The Balaban J connectivity index is 2.04. The van der Waals surface area contributed by atoms with Crippen LogP contribution in [0.3, 0.4) is 0 Å². The van der Waals surface area contributed by atoms with Crippen molar-refractivity contribution in [2.24, 2.45) is 0 Å². The maximum absolute atomic E-state index is 12.7. The minimum absolute atomic E-state index is 0.00433. The molecule has 1 aromatic heterocycles. The fourth-order valence-corrected chi connectivity index (χ4v) is 2.61. The van der Waals surface area contributed by atoms with Gasteiger partial charge in [0.1, 0.15) is 0 Å². The molecule has 0 bridgehead atoms. The lowest BCUT2D eigenvalue weighted by Crippen LogP contribution is -2.26. The summed E-state index contributed by atoms with van der Waals surface area (Å²) >= 11 is 6.09. The summed E-state index contributed by atoms with van der Waals surface area (Å²) in [4.78, 5) is 25.0. The van der Waals surface area contributed by atoms with Crippen LogP contribution in [0.25, 0.3) is 5.69 Å². The number of hydrogen-bond donors (Lipinski definition) is 1. The number of anilines is 1. The van der Waals surface area contributed by atoms with Gasteiger partial charge < -0.3 is 10.1 Å². The highest BCUT2D eigenvalue weighted by Gasteiger charge is 2.19. The molecular formula is C19H16ClN3O3. The Bertz CT molecular complexity index is 1020. The molecule has 0 atom stereocenters. The van der Waals surface area contributed by atoms with Crippen LogP contribution >= 0.6 is 11.6 Å². The van der Waals surface area contributed by atoms with E-state index in [1.165, 1.54) is 13.2 Å². The van der Waals surface area contributed by atoms with Gasteiger partial charge in [-0.1, -0.05) is 35.9 Å². The zero-order valence-electron chi connectivity index (χ0n) is 14.2. The van der Waals surface area contributed by atoms with Gasteiger partial charge in [-0.3, -0.25) is 9.59 Å². The third-order valence-corrected chi connectivity index (χ3v) is 4.26. The Morgan fingerprint density at radius 2 is 1.88 bits per heavy atom. The van der Waals surface area contributed by atoms with Crippen LogP contribution in [0.4, 0.5) is 5.69 Å². The molecular weight excluding hydrogens is 354 g/mol. The quantitative estimate of drug-likeness (QED) is 0.764. The molecule has 0 spiro atoms. The van der Waals surface area contributed by atoms with Crippen LogP contribution in [-0.2, 0) is 0 Å². The Morgan fingerprint density at radius 3 is 2.58 bits per heavy atom. The Kier molecular flexibility index (Phi) is 5.04. The summed E-state index contributed by atoms with van der Waals surface area (Å²) in [6.45, 7) is 1.80. The summed E-state index contributed by atoms with van der Waals surface area (Å²) in [5.41, 5.74) is 1.44. The lowest BCUT2D eigenvalue weighted by atomic mass is 10.2. The fourth-order valence-electron chi connectivity index (χ4n) is 2.43. The van der Waals surface area contributed by atoms with E-state index in [4.69, 9.17) is 16.3 Å². The first kappa shape index (κ1) is 17.7. The van der Waals surface area contributed by atoms with E-state index in [1.54, 1.807) is 49.4 Å². The number of hydrogen-bond acceptors (Lipinski definition) is 4. The maximum atomic E-state index is 12.7. The van der Waals surface area contributed by atoms with Crippen LogP contribution in [0.1, 0.15) is 16.1 Å². The number of nitrogens with zero attached hydrogens (tertiary/aromatic N) is 2. The van der Waals surface area contributed by atoms with E-state index >= 15 is 0 Å². The largest absolute Gasteiger partial charge is 0.494 e. The molecule has 2 aromatic carbocycles. The molecule has 0 aliphatic rings. The number of methoxy groups -OCH3 is 1. The number of benzene rings is 2. The lowest BCUT2D eigenvalue weighted by molar-refractivity contribution is 0.101. The first-order chi connectivity index (χ1) is 12.5. The SMILES string of the molecule is COc1cc(=O)n(-c2ccccc2)nc1C(=O)Nc1cccc(Cl)c1C. The predicted octanol–water partition coefficient (Wildman–Crippen LogP) is 3.46. The fraction of sp³-hybridized carbons (Fsp3) is 0.105. The first-order valence-corrected chi connectivity index (χ1v) is 8.19. The van der Waals surface area contributed by atoms with Crippen molar-refractivity contribution in [3.63, 3.8) is 0 Å². The van der Waals surface area contributed by atoms with Gasteiger partial charge in [0.15, 0.2) is 11.4 Å². The smallest absolute Gasteiger partial charge is 0.280 e. The molecule has 3 rings (SSSR count). The Morgan fingerprint density at radius 1 is 1.15 bits per heavy atom. The monoisotopic (exact) mass is 369 g/mol. The topological polar surface area (TPSA) is 73.2 Å². The molecule has 1 N–H and O–H groups in total. The molecule has 6 nitrogen and oxygen atoms in total. The van der Waals surface area contributed by atoms with E-state index in [0.29, 0.717) is 16.4 Å².